The van der Waals surface area contributed by atoms with Crippen LogP contribution in [0.4, 0.5) is 0 Å². The Bertz CT molecular complexity index is 807. The van der Waals surface area contributed by atoms with E-state index in [9.17, 15) is 4.79 Å². The quantitative estimate of drug-likeness (QED) is 0.670. The van der Waals surface area contributed by atoms with Crippen molar-refractivity contribution in [1.82, 2.24) is 15.5 Å². The Balaban J connectivity index is 1.63. The number of benzene rings is 1. The van der Waals surface area contributed by atoms with Gasteiger partial charge in [0, 0.05) is 31.0 Å². The predicted octanol–water partition coefficient (Wildman–Crippen LogP) is 2.19. The van der Waals surface area contributed by atoms with Crippen molar-refractivity contribution in [2.75, 3.05) is 20.8 Å². The number of aryl methyl sites for hydroxylation is 1. The molecule has 27 heavy (non-hydrogen) atoms. The molecule has 3 rings (SSSR count). The van der Waals surface area contributed by atoms with Gasteiger partial charge in [0.25, 0.3) is 0 Å². The number of amides is 1. The minimum absolute atomic E-state index is 0.0599. The lowest BCUT2D eigenvalue weighted by molar-refractivity contribution is -0.121. The van der Waals surface area contributed by atoms with E-state index in [0.29, 0.717) is 52.7 Å². The zero-order valence-corrected chi connectivity index (χ0v) is 16.1. The molecule has 0 spiro atoms. The fraction of sp³-hybridized carbons (Fsp3) is 0.500. The Morgan fingerprint density at radius 1 is 1.41 bits per heavy atom. The summed E-state index contributed by atoms with van der Waals surface area (Å²) in [5.41, 5.74) is 6.34. The summed E-state index contributed by atoms with van der Waals surface area (Å²) in [6.45, 7) is 0.459. The lowest BCUT2D eigenvalue weighted by atomic mass is 10.1. The van der Waals surface area contributed by atoms with Crippen LogP contribution in [0, 0.1) is 5.92 Å². The van der Waals surface area contributed by atoms with Gasteiger partial charge in [-0.1, -0.05) is 16.8 Å². The number of carbonyl (C=O) groups excluding carboxylic acids is 1. The highest BCUT2D eigenvalue weighted by Crippen LogP contribution is 2.38. The highest BCUT2D eigenvalue weighted by molar-refractivity contribution is 6.32. The van der Waals surface area contributed by atoms with Gasteiger partial charge in [0.15, 0.2) is 11.5 Å². The Morgan fingerprint density at radius 2 is 2.19 bits per heavy atom. The van der Waals surface area contributed by atoms with Crippen LogP contribution in [0.2, 0.25) is 5.02 Å². The van der Waals surface area contributed by atoms with Crippen LogP contribution in [-0.2, 0) is 11.2 Å². The molecule has 1 unspecified atom stereocenters. The molecule has 0 saturated heterocycles. The van der Waals surface area contributed by atoms with Gasteiger partial charge in [0.2, 0.25) is 17.6 Å². The molecule has 1 saturated carbocycles. The van der Waals surface area contributed by atoms with Crippen LogP contribution in [0.25, 0.3) is 11.4 Å². The maximum absolute atomic E-state index is 12.1. The summed E-state index contributed by atoms with van der Waals surface area (Å²) in [4.78, 5) is 16.4. The topological polar surface area (TPSA) is 112 Å². The van der Waals surface area contributed by atoms with Gasteiger partial charge in [-0.05, 0) is 30.9 Å². The standard InChI is InChI=1S/C18H23ClN4O4/c1-25-14-8-11(7-12(19)17(14)26-2)18-22-16(27-23-18)6-5-15(24)21-13(9-20)10-3-4-10/h7-8,10,13H,3-6,9,20H2,1-2H3,(H,21,24). The summed E-state index contributed by atoms with van der Waals surface area (Å²) in [5.74, 6) is 2.11. The third-order valence-corrected chi connectivity index (χ3v) is 4.80. The monoisotopic (exact) mass is 394 g/mol. The zero-order chi connectivity index (χ0) is 19.4. The van der Waals surface area contributed by atoms with E-state index in [1.54, 1.807) is 12.1 Å². The number of rotatable bonds is 9. The molecule has 1 amide bonds. The maximum atomic E-state index is 12.1. The first-order valence-electron chi connectivity index (χ1n) is 8.79. The number of aromatic nitrogens is 2. The molecule has 0 radical (unpaired) electrons. The number of hydrogen-bond acceptors (Lipinski definition) is 7. The molecule has 146 valence electrons. The van der Waals surface area contributed by atoms with E-state index < -0.39 is 0 Å². The van der Waals surface area contributed by atoms with E-state index in [-0.39, 0.29) is 18.4 Å². The van der Waals surface area contributed by atoms with Crippen molar-refractivity contribution >= 4 is 17.5 Å². The zero-order valence-electron chi connectivity index (χ0n) is 15.3. The second kappa shape index (κ2) is 8.58. The van der Waals surface area contributed by atoms with Gasteiger partial charge in [-0.3, -0.25) is 4.79 Å². The third-order valence-electron chi connectivity index (χ3n) is 4.52. The summed E-state index contributed by atoms with van der Waals surface area (Å²) in [6.07, 6.45) is 2.87. The molecule has 3 N–H and O–H groups in total. The first kappa shape index (κ1) is 19.4. The van der Waals surface area contributed by atoms with E-state index in [1.807, 2.05) is 0 Å². The molecule has 9 heteroatoms. The van der Waals surface area contributed by atoms with Crippen molar-refractivity contribution in [2.24, 2.45) is 11.7 Å². The Kier molecular flexibility index (Phi) is 6.18. The normalized spacial score (nSPS) is 14.7. The molecule has 8 nitrogen and oxygen atoms in total. The Labute approximate surface area is 162 Å². The van der Waals surface area contributed by atoms with Crippen LogP contribution in [0.15, 0.2) is 16.7 Å². The average molecular weight is 395 g/mol. The number of nitrogens with two attached hydrogens (primary N) is 1. The fourth-order valence-electron chi connectivity index (χ4n) is 2.89. The average Bonchev–Trinajstić information content (AvgIpc) is 3.40. The Hall–Kier alpha value is -2.32. The van der Waals surface area contributed by atoms with Crippen molar-refractivity contribution in [3.63, 3.8) is 0 Å². The SMILES string of the molecule is COc1cc(-c2noc(CCC(=O)NC(CN)C3CC3)n2)cc(Cl)c1OC. The predicted molar refractivity (Wildman–Crippen MR) is 99.9 cm³/mol. The van der Waals surface area contributed by atoms with E-state index in [2.05, 4.69) is 15.5 Å². The molecule has 2 aromatic rings. The van der Waals surface area contributed by atoms with Crippen molar-refractivity contribution in [3.8, 4) is 22.9 Å². The lowest BCUT2D eigenvalue weighted by Crippen LogP contribution is -2.41. The second-order valence-corrected chi connectivity index (χ2v) is 6.86. The summed E-state index contributed by atoms with van der Waals surface area (Å²) in [6, 6.07) is 3.45. The number of ether oxygens (including phenoxy) is 2. The molecular formula is C18H23ClN4O4. The molecule has 1 aliphatic carbocycles. The summed E-state index contributed by atoms with van der Waals surface area (Å²) >= 11 is 6.21. The maximum Gasteiger partial charge on any atom is 0.227 e. The lowest BCUT2D eigenvalue weighted by Gasteiger charge is -2.15. The van der Waals surface area contributed by atoms with E-state index in [0.717, 1.165) is 12.8 Å². The summed E-state index contributed by atoms with van der Waals surface area (Å²) < 4.78 is 15.7. The molecule has 1 atom stereocenters. The first-order valence-corrected chi connectivity index (χ1v) is 9.17. The minimum atomic E-state index is -0.0636. The first-order chi connectivity index (χ1) is 13.0. The molecule has 0 aliphatic heterocycles. The van der Waals surface area contributed by atoms with Gasteiger partial charge in [-0.15, -0.1) is 0 Å². The largest absolute Gasteiger partial charge is 0.493 e. The number of halogens is 1. The summed E-state index contributed by atoms with van der Waals surface area (Å²) in [7, 11) is 3.04. The van der Waals surface area contributed by atoms with Gasteiger partial charge in [0.1, 0.15) is 0 Å². The van der Waals surface area contributed by atoms with E-state index >= 15 is 0 Å². The van der Waals surface area contributed by atoms with Crippen molar-refractivity contribution in [2.45, 2.75) is 31.7 Å². The van der Waals surface area contributed by atoms with Crippen molar-refractivity contribution in [1.29, 1.82) is 0 Å². The molecule has 1 aromatic carbocycles. The van der Waals surface area contributed by atoms with Crippen LogP contribution in [0.1, 0.15) is 25.2 Å². The highest BCUT2D eigenvalue weighted by atomic mass is 35.5. The van der Waals surface area contributed by atoms with Crippen LogP contribution in [-0.4, -0.2) is 42.9 Å². The second-order valence-electron chi connectivity index (χ2n) is 6.45. The molecule has 1 aliphatic rings. The van der Waals surface area contributed by atoms with Gasteiger partial charge < -0.3 is 25.0 Å². The molecule has 1 heterocycles. The molecule has 1 aromatic heterocycles. The van der Waals surface area contributed by atoms with Crippen LogP contribution < -0.4 is 20.5 Å². The number of nitrogens with one attached hydrogen (secondary N) is 1. The van der Waals surface area contributed by atoms with Crippen LogP contribution >= 0.6 is 11.6 Å². The smallest absolute Gasteiger partial charge is 0.227 e. The van der Waals surface area contributed by atoms with Crippen LogP contribution in [0.5, 0.6) is 11.5 Å². The third kappa shape index (κ3) is 4.70. The molecule has 1 fully saturated rings. The van der Waals surface area contributed by atoms with E-state index in [4.69, 9.17) is 31.3 Å². The van der Waals surface area contributed by atoms with Gasteiger partial charge in [-0.2, -0.15) is 4.98 Å². The van der Waals surface area contributed by atoms with Crippen molar-refractivity contribution in [3.05, 3.63) is 23.0 Å². The highest BCUT2D eigenvalue weighted by Gasteiger charge is 2.31. The van der Waals surface area contributed by atoms with Gasteiger partial charge >= 0.3 is 0 Å². The number of nitrogens with zero attached hydrogens (tertiary/aromatic N) is 2. The number of carbonyl (C=O) groups is 1. The number of methoxy groups -OCH3 is 2. The fourth-order valence-corrected chi connectivity index (χ4v) is 3.18. The Morgan fingerprint density at radius 3 is 2.81 bits per heavy atom. The minimum Gasteiger partial charge on any atom is -0.493 e. The van der Waals surface area contributed by atoms with Crippen molar-refractivity contribution < 1.29 is 18.8 Å². The van der Waals surface area contributed by atoms with Gasteiger partial charge in [0.05, 0.1) is 19.2 Å². The van der Waals surface area contributed by atoms with Gasteiger partial charge in [-0.25, -0.2) is 0 Å². The molecule has 0 bridgehead atoms. The molecular weight excluding hydrogens is 372 g/mol. The van der Waals surface area contributed by atoms with E-state index in [1.165, 1.54) is 14.2 Å². The van der Waals surface area contributed by atoms with Crippen LogP contribution in [0.3, 0.4) is 0 Å². The summed E-state index contributed by atoms with van der Waals surface area (Å²) in [5, 5.41) is 7.31. The number of hydrogen-bond donors (Lipinski definition) is 2.